The molecule has 0 aromatic carbocycles. The van der Waals surface area contributed by atoms with Gasteiger partial charge in [0.05, 0.1) is 0 Å². The van der Waals surface area contributed by atoms with Crippen molar-refractivity contribution in [3.8, 4) is 0 Å². The molecule has 0 N–H and O–H groups in total. The van der Waals surface area contributed by atoms with Crippen LogP contribution >= 0.6 is 0 Å². The van der Waals surface area contributed by atoms with Gasteiger partial charge in [-0.2, -0.15) is 26.3 Å². The molecule has 0 amide bonds. The highest BCUT2D eigenvalue weighted by atomic mass is 79.9. The molecule has 0 aromatic heterocycles. The molecule has 0 aliphatic heterocycles. The van der Waals surface area contributed by atoms with E-state index in [-0.39, 0.29) is 17.0 Å². The van der Waals surface area contributed by atoms with Gasteiger partial charge in [0.15, 0.2) is 0 Å². The normalized spacial score (nSPS) is 10.2. The number of hydrogen-bond acceptors (Lipinski definition) is 0. The zero-order valence-corrected chi connectivity index (χ0v) is 5.73. The Labute approximate surface area is 62.3 Å². The van der Waals surface area contributed by atoms with Crippen LogP contribution in [0, 0.1) is 0 Å². The van der Waals surface area contributed by atoms with Gasteiger partial charge in [-0.3, -0.25) is 0 Å². The van der Waals surface area contributed by atoms with Crippen molar-refractivity contribution in [1.82, 2.24) is 0 Å². The lowest BCUT2D eigenvalue weighted by molar-refractivity contribution is -0.113. The summed E-state index contributed by atoms with van der Waals surface area (Å²) in [7, 11) is 0. The predicted octanol–water partition coefficient (Wildman–Crippen LogP) is -0.370. The molecule has 0 radical (unpaired) electrons. The lowest BCUT2D eigenvalue weighted by Crippen LogP contribution is -3.00. The molecule has 0 unspecified atom stereocenters. The minimum Gasteiger partial charge on any atom is -1.00 e. The van der Waals surface area contributed by atoms with Crippen LogP contribution in [0.1, 0.15) is 0 Å². The Morgan fingerprint density at radius 1 is 0.900 bits per heavy atom. The van der Waals surface area contributed by atoms with E-state index in [0.717, 1.165) is 0 Å². The van der Waals surface area contributed by atoms with E-state index in [4.69, 9.17) is 0 Å². The summed E-state index contributed by atoms with van der Waals surface area (Å²) in [5, 5.41) is 0. The van der Waals surface area contributed by atoms with Crippen LogP contribution in [0.2, 0.25) is 0 Å². The van der Waals surface area contributed by atoms with Crippen molar-refractivity contribution in [2.45, 2.75) is 6.18 Å². The quantitative estimate of drug-likeness (QED) is 0.498. The standard InChI is InChI=1S/C3F6.BrH/c4-1(2(5)6)3(7,8)9;/h;1H/p-1. The fourth-order valence-corrected chi connectivity index (χ4v) is 0.107. The second-order valence-electron chi connectivity index (χ2n) is 1.07. The zero-order valence-electron chi connectivity index (χ0n) is 4.15. The topological polar surface area (TPSA) is 0 Å². The van der Waals surface area contributed by atoms with Crippen LogP contribution in [0.3, 0.4) is 0 Å². The Balaban J connectivity index is 0. The van der Waals surface area contributed by atoms with Crippen LogP contribution in [-0.2, 0) is 0 Å². The molecular weight excluding hydrogens is 230 g/mol. The van der Waals surface area contributed by atoms with Gasteiger partial charge < -0.3 is 17.0 Å². The SMILES string of the molecule is FC(F)=C(F)C(F)(F)F.[Br-]. The first-order chi connectivity index (χ1) is 3.85. The van der Waals surface area contributed by atoms with Crippen molar-refractivity contribution < 1.29 is 43.3 Å². The number of hydrogen-bond donors (Lipinski definition) is 0. The minimum atomic E-state index is -5.56. The van der Waals surface area contributed by atoms with Crippen LogP contribution < -0.4 is 17.0 Å². The van der Waals surface area contributed by atoms with Crippen LogP contribution in [-0.4, -0.2) is 6.18 Å². The first-order valence-electron chi connectivity index (χ1n) is 1.63. The fourth-order valence-electron chi connectivity index (χ4n) is 0.107. The van der Waals surface area contributed by atoms with E-state index in [1.165, 1.54) is 0 Å². The van der Waals surface area contributed by atoms with Gasteiger partial charge in [-0.1, -0.05) is 0 Å². The van der Waals surface area contributed by atoms with E-state index in [2.05, 4.69) is 0 Å². The average molecular weight is 230 g/mol. The lowest BCUT2D eigenvalue weighted by Gasteiger charge is -1.98. The first kappa shape index (κ1) is 12.5. The minimum absolute atomic E-state index is 0. The molecule has 10 heavy (non-hydrogen) atoms. The molecular formula is C3BrF6-. The molecule has 0 saturated heterocycles. The second-order valence-corrected chi connectivity index (χ2v) is 1.07. The molecule has 0 aliphatic carbocycles. The Morgan fingerprint density at radius 2 is 1.20 bits per heavy atom. The Kier molecular flexibility index (Phi) is 4.80. The summed E-state index contributed by atoms with van der Waals surface area (Å²) in [5.41, 5.74) is 0. The maximum Gasteiger partial charge on any atom is 0.448 e. The fraction of sp³-hybridized carbons (Fsp3) is 0.333. The summed E-state index contributed by atoms with van der Waals surface area (Å²) in [6.45, 7) is 0. The Bertz CT molecular complexity index is 130. The molecule has 0 fully saturated rings. The Hall–Kier alpha value is -0.200. The van der Waals surface area contributed by atoms with Crippen molar-refractivity contribution in [2.24, 2.45) is 0 Å². The smallest absolute Gasteiger partial charge is 0.448 e. The molecule has 0 rings (SSSR count). The average Bonchev–Trinajstić information content (AvgIpc) is 1.62. The molecule has 0 nitrogen and oxygen atoms in total. The van der Waals surface area contributed by atoms with E-state index in [1.807, 2.05) is 0 Å². The molecule has 0 saturated carbocycles. The monoisotopic (exact) mass is 229 g/mol. The van der Waals surface area contributed by atoms with Gasteiger partial charge in [0.1, 0.15) is 0 Å². The van der Waals surface area contributed by atoms with Gasteiger partial charge in [0.25, 0.3) is 5.83 Å². The summed E-state index contributed by atoms with van der Waals surface area (Å²) in [6.07, 6.45) is -8.90. The zero-order chi connectivity index (χ0) is 7.65. The van der Waals surface area contributed by atoms with Gasteiger partial charge in [-0.05, 0) is 0 Å². The highest BCUT2D eigenvalue weighted by Gasteiger charge is 2.38. The first-order valence-corrected chi connectivity index (χ1v) is 1.63. The summed E-state index contributed by atoms with van der Waals surface area (Å²) >= 11 is 0. The van der Waals surface area contributed by atoms with Gasteiger partial charge in [0, 0.05) is 0 Å². The Morgan fingerprint density at radius 3 is 1.20 bits per heavy atom. The lowest BCUT2D eigenvalue weighted by atomic mass is 10.6. The third kappa shape index (κ3) is 3.76. The van der Waals surface area contributed by atoms with Crippen molar-refractivity contribution in [3.05, 3.63) is 11.9 Å². The van der Waals surface area contributed by atoms with Gasteiger partial charge in [-0.15, -0.1) is 0 Å². The van der Waals surface area contributed by atoms with Crippen LogP contribution in [0.15, 0.2) is 11.9 Å². The summed E-state index contributed by atoms with van der Waals surface area (Å²) < 4.78 is 64.8. The number of halogens is 7. The van der Waals surface area contributed by atoms with Crippen LogP contribution in [0.25, 0.3) is 0 Å². The molecule has 7 heteroatoms. The molecule has 0 aliphatic rings. The second kappa shape index (κ2) is 3.85. The van der Waals surface area contributed by atoms with Crippen LogP contribution in [0.4, 0.5) is 26.3 Å². The third-order valence-corrected chi connectivity index (χ3v) is 0.415. The summed E-state index contributed by atoms with van der Waals surface area (Å²) in [6, 6.07) is 0. The van der Waals surface area contributed by atoms with Crippen molar-refractivity contribution in [3.63, 3.8) is 0 Å². The molecule has 0 spiro atoms. The maximum atomic E-state index is 11.0. The van der Waals surface area contributed by atoms with Crippen molar-refractivity contribution in [2.75, 3.05) is 0 Å². The maximum absolute atomic E-state index is 11.0. The van der Waals surface area contributed by atoms with Gasteiger partial charge in [0.2, 0.25) is 0 Å². The molecule has 62 valence electrons. The molecule has 0 aromatic rings. The highest BCUT2D eigenvalue weighted by molar-refractivity contribution is 4.98. The highest BCUT2D eigenvalue weighted by Crippen LogP contribution is 2.29. The van der Waals surface area contributed by atoms with E-state index < -0.39 is 18.1 Å². The van der Waals surface area contributed by atoms with E-state index in [1.54, 1.807) is 0 Å². The van der Waals surface area contributed by atoms with Crippen LogP contribution in [0.5, 0.6) is 0 Å². The van der Waals surface area contributed by atoms with Crippen molar-refractivity contribution in [1.29, 1.82) is 0 Å². The van der Waals surface area contributed by atoms with Crippen molar-refractivity contribution >= 4 is 0 Å². The van der Waals surface area contributed by atoms with E-state index >= 15 is 0 Å². The van der Waals surface area contributed by atoms with Gasteiger partial charge >= 0.3 is 12.3 Å². The summed E-state index contributed by atoms with van der Waals surface area (Å²) in [5.74, 6) is -3.33. The molecule has 0 atom stereocenters. The largest absolute Gasteiger partial charge is 1.00 e. The number of rotatable bonds is 0. The number of alkyl halides is 3. The van der Waals surface area contributed by atoms with E-state index in [0.29, 0.717) is 0 Å². The molecule has 0 heterocycles. The number of allylic oxidation sites excluding steroid dienone is 1. The predicted molar refractivity (Wildman–Crippen MR) is 16.4 cm³/mol. The summed E-state index contributed by atoms with van der Waals surface area (Å²) in [4.78, 5) is 0. The van der Waals surface area contributed by atoms with E-state index in [9.17, 15) is 26.3 Å². The van der Waals surface area contributed by atoms with Gasteiger partial charge in [-0.25, -0.2) is 0 Å². The molecule has 0 bridgehead atoms. The third-order valence-electron chi connectivity index (χ3n) is 0.415.